The smallest absolute Gasteiger partial charge is 0.193 e. The Labute approximate surface area is 206 Å². The van der Waals surface area contributed by atoms with Crippen LogP contribution in [-0.4, -0.2) is 68.0 Å². The Morgan fingerprint density at radius 2 is 1.97 bits per heavy atom. The van der Waals surface area contributed by atoms with Gasteiger partial charge >= 0.3 is 0 Å². The Balaban J connectivity index is 0.00000272. The molecule has 1 N–H and O–H groups in total. The van der Waals surface area contributed by atoms with Crippen LogP contribution >= 0.6 is 35.7 Å². The molecule has 168 valence electrons. The topological polar surface area (TPSA) is 53.0 Å². The lowest BCUT2D eigenvalue weighted by Gasteiger charge is -2.30. The van der Waals surface area contributed by atoms with E-state index in [2.05, 4.69) is 61.5 Å². The van der Waals surface area contributed by atoms with Crippen LogP contribution in [0.25, 0.3) is 0 Å². The molecule has 1 atom stereocenters. The van der Waals surface area contributed by atoms with E-state index in [4.69, 9.17) is 4.74 Å². The molecule has 0 radical (unpaired) electrons. The number of benzene rings is 1. The zero-order valence-electron chi connectivity index (χ0n) is 18.1. The molecular weight excluding hydrogens is 521 g/mol. The monoisotopic (exact) mass is 553 g/mol. The maximum absolute atomic E-state index is 5.49. The highest BCUT2D eigenvalue weighted by molar-refractivity contribution is 14.0. The highest BCUT2D eigenvalue weighted by Crippen LogP contribution is 2.26. The van der Waals surface area contributed by atoms with Gasteiger partial charge in [-0.25, -0.2) is 4.98 Å². The first-order chi connectivity index (χ1) is 14.8. The van der Waals surface area contributed by atoms with Crippen LogP contribution < -0.4 is 10.2 Å². The lowest BCUT2D eigenvalue weighted by atomic mass is 10.2. The fourth-order valence-electron chi connectivity index (χ4n) is 4.03. The number of nitrogens with one attached hydrogen (secondary N) is 1. The third kappa shape index (κ3) is 6.73. The summed E-state index contributed by atoms with van der Waals surface area (Å²) in [7, 11) is 1.88. The Bertz CT molecular complexity index is 832. The molecule has 2 aromatic rings. The molecule has 0 bridgehead atoms. The highest BCUT2D eigenvalue weighted by atomic mass is 127. The van der Waals surface area contributed by atoms with Gasteiger partial charge in [-0.05, 0) is 30.5 Å². The molecule has 2 aliphatic rings. The molecule has 6 nitrogen and oxygen atoms in total. The maximum atomic E-state index is 5.49. The molecule has 4 rings (SSSR count). The van der Waals surface area contributed by atoms with Crippen molar-refractivity contribution in [1.82, 2.24) is 15.2 Å². The lowest BCUT2D eigenvalue weighted by Crippen LogP contribution is -2.41. The molecule has 0 amide bonds. The minimum absolute atomic E-state index is 0. The molecule has 2 saturated heterocycles. The van der Waals surface area contributed by atoms with Gasteiger partial charge < -0.3 is 19.9 Å². The third-order valence-corrected chi connectivity index (χ3v) is 6.88. The summed E-state index contributed by atoms with van der Waals surface area (Å²) in [6.45, 7) is 6.17. The number of halogens is 1. The van der Waals surface area contributed by atoms with Crippen LogP contribution in [0.3, 0.4) is 0 Å². The first-order valence-electron chi connectivity index (χ1n) is 10.7. The molecule has 31 heavy (non-hydrogen) atoms. The number of nitrogens with zero attached hydrogens (tertiary/aromatic N) is 4. The number of pyridine rings is 1. The Hall–Kier alpha value is -1.52. The minimum atomic E-state index is 0. The summed E-state index contributed by atoms with van der Waals surface area (Å²) in [6, 6.07) is 14.8. The van der Waals surface area contributed by atoms with E-state index in [-0.39, 0.29) is 24.0 Å². The number of morpholine rings is 1. The summed E-state index contributed by atoms with van der Waals surface area (Å²) < 4.78 is 5.49. The van der Waals surface area contributed by atoms with Gasteiger partial charge in [-0.3, -0.25) is 4.99 Å². The molecule has 1 unspecified atom stereocenters. The van der Waals surface area contributed by atoms with E-state index in [9.17, 15) is 0 Å². The van der Waals surface area contributed by atoms with Crippen molar-refractivity contribution in [3.8, 4) is 0 Å². The van der Waals surface area contributed by atoms with Crippen LogP contribution in [0.1, 0.15) is 12.0 Å². The molecule has 0 aliphatic carbocycles. The molecule has 2 fully saturated rings. The summed E-state index contributed by atoms with van der Waals surface area (Å²) in [5, 5.41) is 3.57. The summed E-state index contributed by atoms with van der Waals surface area (Å²) in [5.41, 5.74) is 1.20. The van der Waals surface area contributed by atoms with Crippen molar-refractivity contribution in [2.45, 2.75) is 17.9 Å². The van der Waals surface area contributed by atoms with Crippen molar-refractivity contribution in [3.63, 3.8) is 0 Å². The van der Waals surface area contributed by atoms with Gasteiger partial charge in [0.05, 0.1) is 13.2 Å². The molecule has 8 heteroatoms. The standard InChI is InChI=1S/C23H31N5OS.HI/c1-24-23(28-11-9-19(17-28)18-30-21-7-3-2-4-8-21)26-16-20-6-5-10-25-22(20)27-12-14-29-15-13-27;/h2-8,10,19H,9,11-18H2,1H3,(H,24,26);1H. The van der Waals surface area contributed by atoms with Crippen LogP contribution in [0.5, 0.6) is 0 Å². The number of likely N-dealkylation sites (tertiary alicyclic amines) is 1. The Morgan fingerprint density at radius 3 is 2.74 bits per heavy atom. The number of rotatable bonds is 6. The van der Waals surface area contributed by atoms with E-state index in [0.29, 0.717) is 5.92 Å². The summed E-state index contributed by atoms with van der Waals surface area (Å²) >= 11 is 1.96. The Morgan fingerprint density at radius 1 is 1.16 bits per heavy atom. The van der Waals surface area contributed by atoms with Gasteiger partial charge in [-0.1, -0.05) is 24.3 Å². The SMILES string of the molecule is CN=C(NCc1cccnc1N1CCOCC1)N1CCC(CSc2ccccc2)C1.I. The van der Waals surface area contributed by atoms with Crippen molar-refractivity contribution in [3.05, 3.63) is 54.2 Å². The number of aromatic nitrogens is 1. The predicted octanol–water partition coefficient (Wildman–Crippen LogP) is 3.73. The van der Waals surface area contributed by atoms with Crippen molar-refractivity contribution in [2.75, 3.05) is 57.1 Å². The van der Waals surface area contributed by atoms with E-state index in [0.717, 1.165) is 63.5 Å². The molecule has 0 spiro atoms. The second-order valence-electron chi connectivity index (χ2n) is 7.71. The van der Waals surface area contributed by atoms with Crippen LogP contribution in [-0.2, 0) is 11.3 Å². The number of aliphatic imine (C=N–C) groups is 1. The quantitative estimate of drug-likeness (QED) is 0.255. The zero-order valence-corrected chi connectivity index (χ0v) is 21.2. The zero-order chi connectivity index (χ0) is 20.6. The molecule has 1 aromatic heterocycles. The number of anilines is 1. The van der Waals surface area contributed by atoms with Gasteiger partial charge in [0.2, 0.25) is 0 Å². The lowest BCUT2D eigenvalue weighted by molar-refractivity contribution is 0.122. The number of guanidine groups is 1. The van der Waals surface area contributed by atoms with Crippen molar-refractivity contribution in [1.29, 1.82) is 0 Å². The van der Waals surface area contributed by atoms with Gasteiger partial charge in [-0.15, -0.1) is 35.7 Å². The van der Waals surface area contributed by atoms with Crippen LogP contribution in [0.15, 0.2) is 58.5 Å². The first kappa shape index (κ1) is 24.1. The summed E-state index contributed by atoms with van der Waals surface area (Å²) in [5.74, 6) is 3.89. The van der Waals surface area contributed by atoms with E-state index in [1.165, 1.54) is 16.9 Å². The molecule has 2 aliphatic heterocycles. The number of thioether (sulfide) groups is 1. The fourth-order valence-corrected chi connectivity index (χ4v) is 5.08. The number of ether oxygens (including phenoxy) is 1. The van der Waals surface area contributed by atoms with E-state index in [1.807, 2.05) is 31.1 Å². The van der Waals surface area contributed by atoms with Crippen molar-refractivity contribution >= 4 is 47.5 Å². The summed E-state index contributed by atoms with van der Waals surface area (Å²) in [4.78, 5) is 15.3. The minimum Gasteiger partial charge on any atom is -0.378 e. The Kier molecular flexibility index (Phi) is 9.73. The van der Waals surface area contributed by atoms with Crippen LogP contribution in [0.2, 0.25) is 0 Å². The van der Waals surface area contributed by atoms with E-state index >= 15 is 0 Å². The fraction of sp³-hybridized carbons (Fsp3) is 0.478. The third-order valence-electron chi connectivity index (χ3n) is 5.64. The molecule has 0 saturated carbocycles. The second kappa shape index (κ2) is 12.5. The maximum Gasteiger partial charge on any atom is 0.193 e. The molecular formula is C23H32IN5OS. The number of hydrogen-bond donors (Lipinski definition) is 1. The van der Waals surface area contributed by atoms with Gasteiger partial charge in [0.1, 0.15) is 5.82 Å². The van der Waals surface area contributed by atoms with Gasteiger partial charge in [0.15, 0.2) is 5.96 Å². The predicted molar refractivity (Wildman–Crippen MR) is 140 cm³/mol. The van der Waals surface area contributed by atoms with Crippen LogP contribution in [0, 0.1) is 5.92 Å². The van der Waals surface area contributed by atoms with Gasteiger partial charge in [-0.2, -0.15) is 0 Å². The first-order valence-corrected chi connectivity index (χ1v) is 11.7. The van der Waals surface area contributed by atoms with Crippen LogP contribution in [0.4, 0.5) is 5.82 Å². The van der Waals surface area contributed by atoms with Gasteiger partial charge in [0, 0.05) is 62.2 Å². The highest BCUT2D eigenvalue weighted by Gasteiger charge is 2.25. The van der Waals surface area contributed by atoms with E-state index in [1.54, 1.807) is 0 Å². The molecule has 3 heterocycles. The average Bonchev–Trinajstić information content (AvgIpc) is 3.28. The second-order valence-corrected chi connectivity index (χ2v) is 8.80. The van der Waals surface area contributed by atoms with Gasteiger partial charge in [0.25, 0.3) is 0 Å². The normalized spacial score (nSPS) is 19.3. The summed E-state index contributed by atoms with van der Waals surface area (Å²) in [6.07, 6.45) is 3.09. The van der Waals surface area contributed by atoms with Crippen molar-refractivity contribution in [2.24, 2.45) is 10.9 Å². The number of hydrogen-bond acceptors (Lipinski definition) is 5. The largest absolute Gasteiger partial charge is 0.378 e. The molecule has 1 aromatic carbocycles. The van der Waals surface area contributed by atoms with Crippen molar-refractivity contribution < 1.29 is 4.74 Å². The average molecular weight is 554 g/mol. The van der Waals surface area contributed by atoms with E-state index < -0.39 is 0 Å².